The Hall–Kier alpha value is -0.870. The summed E-state index contributed by atoms with van der Waals surface area (Å²) in [5.74, 6) is 0.143. The summed E-state index contributed by atoms with van der Waals surface area (Å²) in [5.41, 5.74) is 6.68. The van der Waals surface area contributed by atoms with Crippen LogP contribution in [-0.2, 0) is 6.42 Å². The van der Waals surface area contributed by atoms with Crippen LogP contribution in [0.5, 0.6) is 0 Å². The molecule has 80 valence electrons. The highest BCUT2D eigenvalue weighted by Gasteiger charge is 2.11. The second-order valence-electron chi connectivity index (χ2n) is 3.87. The standard InChI is InChI=1S/C10H19N3O/c1-8(2)13-7-12-5-10(13)3-9(4-11)6-14/h5,7-9,14H,3-4,6,11H2,1-2H3. The van der Waals surface area contributed by atoms with E-state index in [1.807, 2.05) is 12.5 Å². The fraction of sp³-hybridized carbons (Fsp3) is 0.700. The van der Waals surface area contributed by atoms with Crippen molar-refractivity contribution in [3.05, 3.63) is 18.2 Å². The minimum absolute atomic E-state index is 0.139. The molecular formula is C10H19N3O. The van der Waals surface area contributed by atoms with Gasteiger partial charge in [-0.25, -0.2) is 4.98 Å². The normalized spacial score (nSPS) is 13.5. The molecule has 0 aliphatic rings. The van der Waals surface area contributed by atoms with E-state index in [4.69, 9.17) is 10.8 Å². The predicted molar refractivity (Wildman–Crippen MR) is 55.9 cm³/mol. The average Bonchev–Trinajstić information content (AvgIpc) is 2.62. The minimum atomic E-state index is 0.139. The molecule has 0 fully saturated rings. The van der Waals surface area contributed by atoms with Crippen molar-refractivity contribution < 1.29 is 5.11 Å². The predicted octanol–water partition coefficient (Wildman–Crippen LogP) is 0.574. The van der Waals surface area contributed by atoms with Gasteiger partial charge in [0.05, 0.1) is 6.33 Å². The van der Waals surface area contributed by atoms with E-state index in [0.717, 1.165) is 12.1 Å². The quantitative estimate of drug-likeness (QED) is 0.725. The van der Waals surface area contributed by atoms with Gasteiger partial charge in [-0.15, -0.1) is 0 Å². The molecule has 0 spiro atoms. The number of nitrogens with zero attached hydrogens (tertiary/aromatic N) is 2. The molecule has 4 heteroatoms. The molecule has 1 aromatic rings. The van der Waals surface area contributed by atoms with Gasteiger partial charge in [-0.1, -0.05) is 0 Å². The summed E-state index contributed by atoms with van der Waals surface area (Å²) in [7, 11) is 0. The number of aliphatic hydroxyl groups excluding tert-OH is 1. The zero-order valence-corrected chi connectivity index (χ0v) is 8.85. The summed E-state index contributed by atoms with van der Waals surface area (Å²) in [5, 5.41) is 9.04. The smallest absolute Gasteiger partial charge is 0.0950 e. The van der Waals surface area contributed by atoms with Crippen molar-refractivity contribution >= 4 is 0 Å². The zero-order chi connectivity index (χ0) is 10.6. The lowest BCUT2D eigenvalue weighted by molar-refractivity contribution is 0.227. The van der Waals surface area contributed by atoms with Crippen LogP contribution in [0.4, 0.5) is 0 Å². The summed E-state index contributed by atoms with van der Waals surface area (Å²) in [6.07, 6.45) is 4.47. The summed E-state index contributed by atoms with van der Waals surface area (Å²) >= 11 is 0. The molecule has 1 atom stereocenters. The van der Waals surface area contributed by atoms with Crippen LogP contribution in [0.1, 0.15) is 25.6 Å². The fourth-order valence-corrected chi connectivity index (χ4v) is 1.47. The highest BCUT2D eigenvalue weighted by atomic mass is 16.3. The van der Waals surface area contributed by atoms with Crippen LogP contribution in [0.25, 0.3) is 0 Å². The maximum atomic E-state index is 9.04. The lowest BCUT2D eigenvalue weighted by Crippen LogP contribution is -2.22. The first-order valence-electron chi connectivity index (χ1n) is 5.00. The second-order valence-corrected chi connectivity index (χ2v) is 3.87. The lowest BCUT2D eigenvalue weighted by Gasteiger charge is -2.15. The van der Waals surface area contributed by atoms with Gasteiger partial charge < -0.3 is 15.4 Å². The molecular weight excluding hydrogens is 178 g/mol. The van der Waals surface area contributed by atoms with Crippen LogP contribution in [-0.4, -0.2) is 27.8 Å². The van der Waals surface area contributed by atoms with Gasteiger partial charge in [0, 0.05) is 24.5 Å². The molecule has 0 aliphatic heterocycles. The third kappa shape index (κ3) is 2.56. The van der Waals surface area contributed by atoms with Crippen LogP contribution in [0.15, 0.2) is 12.5 Å². The van der Waals surface area contributed by atoms with Crippen molar-refractivity contribution in [1.29, 1.82) is 0 Å². The monoisotopic (exact) mass is 197 g/mol. The molecule has 1 unspecified atom stereocenters. The first kappa shape index (κ1) is 11.2. The minimum Gasteiger partial charge on any atom is -0.396 e. The molecule has 0 bridgehead atoms. The van der Waals surface area contributed by atoms with Gasteiger partial charge in [0.25, 0.3) is 0 Å². The molecule has 0 saturated carbocycles. The fourth-order valence-electron chi connectivity index (χ4n) is 1.47. The summed E-state index contributed by atoms with van der Waals surface area (Å²) in [4.78, 5) is 4.11. The molecule has 0 radical (unpaired) electrons. The second kappa shape index (κ2) is 5.12. The maximum absolute atomic E-state index is 9.04. The van der Waals surface area contributed by atoms with Crippen LogP contribution < -0.4 is 5.73 Å². The van der Waals surface area contributed by atoms with Gasteiger partial charge >= 0.3 is 0 Å². The van der Waals surface area contributed by atoms with E-state index in [-0.39, 0.29) is 12.5 Å². The van der Waals surface area contributed by atoms with E-state index in [9.17, 15) is 0 Å². The van der Waals surface area contributed by atoms with Crippen LogP contribution in [0, 0.1) is 5.92 Å². The molecule has 4 nitrogen and oxygen atoms in total. The molecule has 0 saturated heterocycles. The van der Waals surface area contributed by atoms with E-state index in [1.54, 1.807) is 0 Å². The first-order valence-corrected chi connectivity index (χ1v) is 5.00. The van der Waals surface area contributed by atoms with E-state index < -0.39 is 0 Å². The number of imidazole rings is 1. The van der Waals surface area contributed by atoms with Gasteiger partial charge in [0.1, 0.15) is 0 Å². The summed E-state index contributed by atoms with van der Waals surface area (Å²) in [6.45, 7) is 4.88. The molecule has 14 heavy (non-hydrogen) atoms. The molecule has 1 rings (SSSR count). The molecule has 1 aromatic heterocycles. The Morgan fingerprint density at radius 1 is 1.57 bits per heavy atom. The molecule has 3 N–H and O–H groups in total. The molecule has 0 aromatic carbocycles. The van der Waals surface area contributed by atoms with Crippen molar-refractivity contribution in [2.24, 2.45) is 11.7 Å². The van der Waals surface area contributed by atoms with Gasteiger partial charge in [-0.05, 0) is 32.7 Å². The summed E-state index contributed by atoms with van der Waals surface area (Å²) < 4.78 is 2.11. The zero-order valence-electron chi connectivity index (χ0n) is 8.85. The average molecular weight is 197 g/mol. The Labute approximate surface area is 84.8 Å². The Bertz CT molecular complexity index is 266. The first-order chi connectivity index (χ1) is 6.69. The molecule has 0 amide bonds. The highest BCUT2D eigenvalue weighted by molar-refractivity contribution is 5.01. The number of nitrogens with two attached hydrogens (primary N) is 1. The highest BCUT2D eigenvalue weighted by Crippen LogP contribution is 2.12. The number of aliphatic hydroxyl groups is 1. The third-order valence-corrected chi connectivity index (χ3v) is 2.39. The van der Waals surface area contributed by atoms with Gasteiger partial charge in [-0.3, -0.25) is 0 Å². The number of rotatable bonds is 5. The molecule has 0 aliphatic carbocycles. The van der Waals surface area contributed by atoms with Gasteiger partial charge in [-0.2, -0.15) is 0 Å². The number of hydrogen-bond acceptors (Lipinski definition) is 3. The van der Waals surface area contributed by atoms with Crippen molar-refractivity contribution in [2.45, 2.75) is 26.3 Å². The van der Waals surface area contributed by atoms with E-state index in [2.05, 4.69) is 23.4 Å². The van der Waals surface area contributed by atoms with E-state index >= 15 is 0 Å². The topological polar surface area (TPSA) is 64.1 Å². The lowest BCUT2D eigenvalue weighted by atomic mass is 10.0. The maximum Gasteiger partial charge on any atom is 0.0950 e. The number of aromatic nitrogens is 2. The van der Waals surface area contributed by atoms with Crippen LogP contribution >= 0.6 is 0 Å². The van der Waals surface area contributed by atoms with Crippen LogP contribution in [0.3, 0.4) is 0 Å². The Morgan fingerprint density at radius 2 is 2.29 bits per heavy atom. The van der Waals surface area contributed by atoms with Crippen molar-refractivity contribution in [3.8, 4) is 0 Å². The van der Waals surface area contributed by atoms with E-state index in [1.165, 1.54) is 0 Å². The van der Waals surface area contributed by atoms with E-state index in [0.29, 0.717) is 12.6 Å². The van der Waals surface area contributed by atoms with Crippen LogP contribution in [0.2, 0.25) is 0 Å². The summed E-state index contributed by atoms with van der Waals surface area (Å²) in [6, 6.07) is 0.407. The van der Waals surface area contributed by atoms with Crippen molar-refractivity contribution in [1.82, 2.24) is 9.55 Å². The Morgan fingerprint density at radius 3 is 2.79 bits per heavy atom. The van der Waals surface area contributed by atoms with Crippen molar-refractivity contribution in [2.75, 3.05) is 13.2 Å². The number of hydrogen-bond donors (Lipinski definition) is 2. The Kier molecular flexibility index (Phi) is 4.10. The SMILES string of the molecule is CC(C)n1cncc1CC(CN)CO. The largest absolute Gasteiger partial charge is 0.396 e. The Balaban J connectivity index is 2.70. The third-order valence-electron chi connectivity index (χ3n) is 2.39. The van der Waals surface area contributed by atoms with Crippen molar-refractivity contribution in [3.63, 3.8) is 0 Å². The van der Waals surface area contributed by atoms with Gasteiger partial charge in [0.15, 0.2) is 0 Å². The van der Waals surface area contributed by atoms with Gasteiger partial charge in [0.2, 0.25) is 0 Å². The molecule has 1 heterocycles.